The van der Waals surface area contributed by atoms with Crippen LogP contribution in [0.25, 0.3) is 22.3 Å². The molecule has 6 atom stereocenters. The van der Waals surface area contributed by atoms with Gasteiger partial charge in [-0.3, -0.25) is 23.4 Å². The lowest BCUT2D eigenvalue weighted by atomic mass is 10.1. The summed E-state index contributed by atoms with van der Waals surface area (Å²) < 4.78 is 63.9. The summed E-state index contributed by atoms with van der Waals surface area (Å²) in [5, 5.41) is -0.789. The second kappa shape index (κ2) is 13.7. The van der Waals surface area contributed by atoms with Crippen molar-refractivity contribution in [2.75, 3.05) is 26.1 Å². The van der Waals surface area contributed by atoms with Crippen LogP contribution in [0.15, 0.2) is 17.3 Å². The summed E-state index contributed by atoms with van der Waals surface area (Å²) in [7, 11) is 3.47. The van der Waals surface area contributed by atoms with Gasteiger partial charge in [0.25, 0.3) is 5.56 Å². The van der Waals surface area contributed by atoms with Crippen LogP contribution in [0.3, 0.4) is 0 Å². The molecule has 0 aromatic carbocycles. The molecule has 44 heavy (non-hydrogen) atoms. The van der Waals surface area contributed by atoms with Gasteiger partial charge >= 0.3 is 12.1 Å². The zero-order valence-corrected chi connectivity index (χ0v) is 26.5. The highest BCUT2D eigenvalue weighted by Gasteiger charge is 2.50. The van der Waals surface area contributed by atoms with E-state index in [9.17, 15) is 14.2 Å². The minimum absolute atomic E-state index is 0.0241. The van der Waals surface area contributed by atoms with Gasteiger partial charge in [-0.15, -0.1) is 0 Å². The third-order valence-corrected chi connectivity index (χ3v) is 8.21. The molecule has 5 heterocycles. The van der Waals surface area contributed by atoms with Crippen LogP contribution in [0, 0.1) is 0 Å². The van der Waals surface area contributed by atoms with Crippen LogP contribution in [0.5, 0.6) is 0 Å². The summed E-state index contributed by atoms with van der Waals surface area (Å²) in [5.74, 6) is 0.343. The molecule has 0 radical (unpaired) electrons. The number of methoxy groups -OCH3 is 1. The number of fused-ring (bicyclic) bond motifs is 2. The Hall–Kier alpha value is -2.74. The van der Waals surface area contributed by atoms with Crippen LogP contribution in [-0.4, -0.2) is 83.0 Å². The molecule has 18 nitrogen and oxygen atoms in total. The Labute approximate surface area is 259 Å². The first kappa shape index (κ1) is 32.6. The second-order valence-corrected chi connectivity index (χ2v) is 12.7. The second-order valence-electron chi connectivity index (χ2n) is 9.15. The lowest BCUT2D eigenvalue weighted by molar-refractivity contribution is -0.0415. The van der Waals surface area contributed by atoms with Crippen molar-refractivity contribution >= 4 is 74.7 Å². The van der Waals surface area contributed by atoms with Crippen molar-refractivity contribution < 1.29 is 41.5 Å². The van der Waals surface area contributed by atoms with Gasteiger partial charge < -0.3 is 29.0 Å². The maximum Gasteiger partial charge on any atom is 0.387 e. The van der Waals surface area contributed by atoms with Crippen molar-refractivity contribution in [1.82, 2.24) is 39.0 Å². The fourth-order valence-electron chi connectivity index (χ4n) is 4.48. The summed E-state index contributed by atoms with van der Waals surface area (Å²) in [6.07, 6.45) is -3.33. The number of anilines is 1. The summed E-state index contributed by atoms with van der Waals surface area (Å²) in [4.78, 5) is 46.9. The number of hydrogen-bond donors (Lipinski definition) is 4. The fourth-order valence-corrected chi connectivity index (χ4v) is 6.13. The number of rotatable bonds is 13. The Morgan fingerprint density at radius 2 is 2.07 bits per heavy atom. The largest absolute Gasteiger partial charge is 0.456 e. The number of nitrogens with one attached hydrogen (secondary N) is 1. The summed E-state index contributed by atoms with van der Waals surface area (Å²) in [6.45, 7) is -4.91. The first-order valence-corrected chi connectivity index (χ1v) is 16.2. The maximum atomic E-state index is 15.7. The third kappa shape index (κ3) is 7.05. The maximum absolute atomic E-state index is 15.7. The van der Waals surface area contributed by atoms with E-state index < -0.39 is 48.9 Å². The Kier molecular flexibility index (Phi) is 10.2. The van der Waals surface area contributed by atoms with Crippen molar-refractivity contribution in [2.45, 2.75) is 44.4 Å². The van der Waals surface area contributed by atoms with Crippen molar-refractivity contribution in [1.29, 1.82) is 0 Å². The Morgan fingerprint density at radius 3 is 2.80 bits per heavy atom. The molecule has 238 valence electrons. The highest BCUT2D eigenvalue weighted by Crippen LogP contribution is 2.57. The number of carbonyl (C=O) groups excluding carboxylic acids is 1. The van der Waals surface area contributed by atoms with E-state index in [1.54, 1.807) is 4.57 Å². The topological polar surface area (TPSA) is 223 Å². The van der Waals surface area contributed by atoms with Crippen molar-refractivity contribution in [3.63, 3.8) is 0 Å². The molecule has 3 N–H and O–H groups in total. The SMILES string of the molecule is COCc1ncc2nc(COP(=O)(S)O[C@@H]3[C@@H](F)[C@@H](COP)O[C@H]3n3cnc4c(=O)[nH]c(N)nc43)n(CCOC(=O)S)c2n1. The number of aromatic amines is 1. The van der Waals surface area contributed by atoms with Gasteiger partial charge in [-0.1, -0.05) is 24.9 Å². The Balaban J connectivity index is 1.40. The molecule has 0 aliphatic carbocycles. The molecule has 0 saturated carbocycles. The highest BCUT2D eigenvalue weighted by atomic mass is 32.7. The number of H-pyrrole nitrogens is 1. The van der Waals surface area contributed by atoms with Crippen LogP contribution >= 0.6 is 41.1 Å². The number of carbonyl (C=O) groups is 1. The van der Waals surface area contributed by atoms with E-state index in [1.165, 1.54) is 24.2 Å². The van der Waals surface area contributed by atoms with E-state index in [-0.39, 0.29) is 49.3 Å². The van der Waals surface area contributed by atoms with E-state index in [2.05, 4.69) is 54.8 Å². The molecule has 4 aromatic rings. The van der Waals surface area contributed by atoms with Crippen molar-refractivity contribution in [2.24, 2.45) is 0 Å². The third-order valence-electron chi connectivity index (χ3n) is 6.29. The first-order chi connectivity index (χ1) is 21.0. The molecule has 2 unspecified atom stereocenters. The minimum atomic E-state index is -4.36. The quantitative estimate of drug-likeness (QED) is 0.0889. The molecule has 1 aliphatic heterocycles. The van der Waals surface area contributed by atoms with Gasteiger partial charge in [0.05, 0.1) is 25.7 Å². The lowest BCUT2D eigenvalue weighted by Crippen LogP contribution is -2.31. The van der Waals surface area contributed by atoms with Gasteiger partial charge in [0.1, 0.15) is 43.4 Å². The predicted molar refractivity (Wildman–Crippen MR) is 160 cm³/mol. The smallest absolute Gasteiger partial charge is 0.387 e. The van der Waals surface area contributed by atoms with Crippen molar-refractivity contribution in [3.8, 4) is 0 Å². The molecule has 23 heteroatoms. The van der Waals surface area contributed by atoms with E-state index in [0.29, 0.717) is 17.0 Å². The number of halogens is 1. The number of imidazole rings is 2. The number of aromatic nitrogens is 8. The van der Waals surface area contributed by atoms with Crippen LogP contribution in [-0.2, 0) is 52.1 Å². The van der Waals surface area contributed by atoms with Gasteiger partial charge in [0, 0.05) is 16.6 Å². The molecular weight excluding hydrogens is 667 g/mol. The molecule has 4 aromatic heterocycles. The minimum Gasteiger partial charge on any atom is -0.456 e. The molecule has 0 bridgehead atoms. The van der Waals surface area contributed by atoms with E-state index >= 15 is 4.39 Å². The summed E-state index contributed by atoms with van der Waals surface area (Å²) >= 11 is 7.67. The van der Waals surface area contributed by atoms with E-state index in [4.69, 9.17) is 33.5 Å². The van der Waals surface area contributed by atoms with Gasteiger partial charge in [-0.25, -0.2) is 33.7 Å². The van der Waals surface area contributed by atoms with Crippen LogP contribution in [0.1, 0.15) is 17.9 Å². The summed E-state index contributed by atoms with van der Waals surface area (Å²) in [6, 6.07) is 0. The monoisotopic (exact) mass is 693 g/mol. The molecule has 0 amide bonds. The zero-order chi connectivity index (χ0) is 31.6. The number of nitrogens with two attached hydrogens (primary N) is 1. The standard InChI is InChI=1S/C21H26FN9O9P2S2/c1-35-6-11-24-4-9-16(27-11)30(2-3-36-21(33)43)12(26-9)7-38-42(34,44)40-15-13(22)10(5-37-41)39-19(15)31-8-25-14-17(31)28-20(23)29-18(14)32/h4,8,10,13,15,19H,2-3,5-7,41H2,1H3,(H,33,43)(H,34,44)(H3,23,28,29,32)/t10-,13+,15-,19-,42?/m1/s1. The van der Waals surface area contributed by atoms with E-state index in [1.807, 2.05) is 9.47 Å². The van der Waals surface area contributed by atoms with Crippen molar-refractivity contribution in [3.05, 3.63) is 34.5 Å². The number of hydrogen-bond acceptors (Lipinski definition) is 15. The number of nitrogens with zero attached hydrogens (tertiary/aromatic N) is 7. The Morgan fingerprint density at radius 1 is 1.27 bits per heavy atom. The van der Waals surface area contributed by atoms with Crippen LogP contribution < -0.4 is 11.3 Å². The molecule has 0 spiro atoms. The average molecular weight is 694 g/mol. The van der Waals surface area contributed by atoms with Gasteiger partial charge in [0.15, 0.2) is 35.0 Å². The van der Waals surface area contributed by atoms with Gasteiger partial charge in [-0.05, 0) is 0 Å². The number of thiol groups is 2. The van der Waals surface area contributed by atoms with E-state index in [0.717, 1.165) is 0 Å². The number of ether oxygens (including phenoxy) is 3. The normalized spacial score (nSPS) is 21.7. The van der Waals surface area contributed by atoms with Gasteiger partial charge in [-0.2, -0.15) is 4.98 Å². The molecule has 1 fully saturated rings. The fraction of sp³-hybridized carbons (Fsp3) is 0.476. The zero-order valence-electron chi connectivity index (χ0n) is 22.7. The Bertz CT molecular complexity index is 1780. The molecule has 5 rings (SSSR count). The molecule has 1 saturated heterocycles. The summed E-state index contributed by atoms with van der Waals surface area (Å²) in [5.41, 5.74) is 5.67. The molecule has 1 aliphatic rings. The lowest BCUT2D eigenvalue weighted by Gasteiger charge is -2.24. The number of alkyl halides is 1. The predicted octanol–water partition coefficient (Wildman–Crippen LogP) is 1.74. The van der Waals surface area contributed by atoms with Crippen LogP contribution in [0.4, 0.5) is 15.1 Å². The number of nitrogen functional groups attached to an aromatic ring is 1. The highest BCUT2D eigenvalue weighted by molar-refractivity contribution is 8.44. The average Bonchev–Trinajstić information content (AvgIpc) is 3.62. The molecular formula is C21H26FN9O9P2S2. The first-order valence-electron chi connectivity index (χ1n) is 12.6. The van der Waals surface area contributed by atoms with Gasteiger partial charge in [0.2, 0.25) is 5.95 Å². The van der Waals surface area contributed by atoms with Crippen LogP contribution in [0.2, 0.25) is 0 Å².